The highest BCUT2D eigenvalue weighted by Crippen LogP contribution is 2.36. The molecule has 1 aliphatic heterocycles. The Kier molecular flexibility index (Phi) is 3.66. The third kappa shape index (κ3) is 2.37. The highest BCUT2D eigenvalue weighted by Gasteiger charge is 2.30. The number of amides is 1. The number of anilines is 1. The maximum Gasteiger partial charge on any atom is 0.228 e. The lowest BCUT2D eigenvalue weighted by molar-refractivity contribution is -0.117. The van der Waals surface area contributed by atoms with E-state index in [4.69, 9.17) is 15.9 Å². The van der Waals surface area contributed by atoms with Crippen LogP contribution in [0.4, 0.5) is 5.69 Å². The fourth-order valence-electron chi connectivity index (χ4n) is 2.31. The number of benzene rings is 1. The largest absolute Gasteiger partial charge is 0.493 e. The summed E-state index contributed by atoms with van der Waals surface area (Å²) in [5.74, 6) is 3.95. The fourth-order valence-corrected chi connectivity index (χ4v) is 2.31. The first-order valence-corrected chi connectivity index (χ1v) is 6.09. The van der Waals surface area contributed by atoms with Crippen LogP contribution >= 0.6 is 0 Å². The number of aryl methyl sites for hydroxylation is 1. The zero-order valence-corrected chi connectivity index (χ0v) is 11.4. The van der Waals surface area contributed by atoms with Gasteiger partial charge in [0.1, 0.15) is 0 Å². The Morgan fingerprint density at radius 1 is 1.32 bits per heavy atom. The maximum absolute atomic E-state index is 12.0. The molecule has 1 saturated heterocycles. The van der Waals surface area contributed by atoms with E-state index < -0.39 is 0 Å². The Hall–Kier alpha value is -2.15. The third-order valence-electron chi connectivity index (χ3n) is 3.35. The molecule has 1 aliphatic rings. The lowest BCUT2D eigenvalue weighted by atomic mass is 10.1. The summed E-state index contributed by atoms with van der Waals surface area (Å²) in [4.78, 5) is 13.7. The fraction of sp³-hybridized carbons (Fsp3) is 0.400. The minimum Gasteiger partial charge on any atom is -0.493 e. The van der Waals surface area contributed by atoms with Crippen molar-refractivity contribution in [1.82, 2.24) is 0 Å². The van der Waals surface area contributed by atoms with Crippen LogP contribution in [-0.2, 0) is 4.79 Å². The van der Waals surface area contributed by atoms with Gasteiger partial charge in [-0.05, 0) is 18.6 Å². The van der Waals surface area contributed by atoms with Crippen LogP contribution in [0.5, 0.6) is 11.5 Å². The first kappa shape index (κ1) is 13.3. The third-order valence-corrected chi connectivity index (χ3v) is 3.35. The summed E-state index contributed by atoms with van der Waals surface area (Å²) in [6, 6.07) is 3.69. The molecule has 1 heterocycles. The molecule has 1 aromatic rings. The van der Waals surface area contributed by atoms with E-state index in [0.29, 0.717) is 24.5 Å². The topological polar surface area (TPSA) is 38.8 Å². The normalized spacial score (nSPS) is 18.3. The van der Waals surface area contributed by atoms with Crippen LogP contribution in [0.25, 0.3) is 0 Å². The molecule has 1 amide bonds. The summed E-state index contributed by atoms with van der Waals surface area (Å²) in [6.45, 7) is 2.50. The summed E-state index contributed by atoms with van der Waals surface area (Å²) in [6.07, 6.45) is 5.81. The summed E-state index contributed by atoms with van der Waals surface area (Å²) in [7, 11) is 3.17. The molecule has 0 bridgehead atoms. The molecule has 0 aromatic heterocycles. The van der Waals surface area contributed by atoms with Crippen molar-refractivity contribution >= 4 is 11.6 Å². The molecule has 0 radical (unpaired) electrons. The van der Waals surface area contributed by atoms with Gasteiger partial charge in [0.2, 0.25) is 5.91 Å². The number of carbonyl (C=O) groups excluding carboxylic acids is 1. The monoisotopic (exact) mass is 259 g/mol. The first-order valence-electron chi connectivity index (χ1n) is 6.09. The number of hydrogen-bond acceptors (Lipinski definition) is 3. The average Bonchev–Trinajstić information content (AvgIpc) is 2.79. The number of methoxy groups -OCH3 is 2. The van der Waals surface area contributed by atoms with Crippen LogP contribution in [0.1, 0.15) is 12.0 Å². The van der Waals surface area contributed by atoms with Crippen LogP contribution in [0.15, 0.2) is 12.1 Å². The van der Waals surface area contributed by atoms with Crippen LogP contribution in [0.3, 0.4) is 0 Å². The van der Waals surface area contributed by atoms with Gasteiger partial charge in [-0.15, -0.1) is 12.3 Å². The lowest BCUT2D eigenvalue weighted by Gasteiger charge is -2.20. The van der Waals surface area contributed by atoms with E-state index >= 15 is 0 Å². The molecule has 2 rings (SSSR count). The molecule has 0 spiro atoms. The zero-order valence-electron chi connectivity index (χ0n) is 11.4. The van der Waals surface area contributed by atoms with Crippen LogP contribution in [0, 0.1) is 25.2 Å². The number of hydrogen-bond donors (Lipinski definition) is 0. The highest BCUT2D eigenvalue weighted by atomic mass is 16.5. The average molecular weight is 259 g/mol. The molecule has 1 atom stereocenters. The van der Waals surface area contributed by atoms with E-state index in [2.05, 4.69) is 5.92 Å². The second-order valence-corrected chi connectivity index (χ2v) is 4.57. The second-order valence-electron chi connectivity index (χ2n) is 4.57. The molecular formula is C15H17NO3. The number of ether oxygens (including phenoxy) is 2. The van der Waals surface area contributed by atoms with Crippen molar-refractivity contribution in [3.05, 3.63) is 17.7 Å². The lowest BCUT2D eigenvalue weighted by Crippen LogP contribution is -2.25. The van der Waals surface area contributed by atoms with Gasteiger partial charge >= 0.3 is 0 Å². The van der Waals surface area contributed by atoms with Crippen molar-refractivity contribution in [2.75, 3.05) is 25.7 Å². The molecule has 4 heteroatoms. The number of nitrogens with zero attached hydrogens (tertiary/aromatic N) is 1. The minimum atomic E-state index is -0.0139. The number of rotatable bonds is 3. The molecule has 0 saturated carbocycles. The van der Waals surface area contributed by atoms with Gasteiger partial charge in [-0.2, -0.15) is 0 Å². The Balaban J connectivity index is 2.41. The van der Waals surface area contributed by atoms with E-state index in [9.17, 15) is 4.79 Å². The SMILES string of the molecule is C#CC1CC(=O)N(c2cc(OC)c(OC)cc2C)C1. The number of carbonyl (C=O) groups is 1. The molecule has 4 nitrogen and oxygen atoms in total. The van der Waals surface area contributed by atoms with Crippen molar-refractivity contribution in [2.45, 2.75) is 13.3 Å². The summed E-state index contributed by atoms with van der Waals surface area (Å²) >= 11 is 0. The molecule has 1 aromatic carbocycles. The van der Waals surface area contributed by atoms with E-state index in [1.165, 1.54) is 0 Å². The van der Waals surface area contributed by atoms with Gasteiger partial charge in [0.05, 0.1) is 19.9 Å². The zero-order chi connectivity index (χ0) is 14.0. The minimum absolute atomic E-state index is 0.0139. The van der Waals surface area contributed by atoms with Crippen LogP contribution < -0.4 is 14.4 Å². The Bertz CT molecular complexity index is 545. The van der Waals surface area contributed by atoms with E-state index in [-0.39, 0.29) is 11.8 Å². The van der Waals surface area contributed by atoms with Crippen LogP contribution in [0.2, 0.25) is 0 Å². The maximum atomic E-state index is 12.0. The van der Waals surface area contributed by atoms with Gasteiger partial charge in [-0.3, -0.25) is 4.79 Å². The smallest absolute Gasteiger partial charge is 0.228 e. The van der Waals surface area contributed by atoms with Crippen molar-refractivity contribution in [1.29, 1.82) is 0 Å². The molecule has 1 unspecified atom stereocenters. The Morgan fingerprint density at radius 3 is 2.47 bits per heavy atom. The Labute approximate surface area is 113 Å². The summed E-state index contributed by atoms with van der Waals surface area (Å²) < 4.78 is 10.5. The van der Waals surface area contributed by atoms with Gasteiger partial charge in [-0.1, -0.05) is 0 Å². The van der Waals surface area contributed by atoms with Crippen molar-refractivity contribution < 1.29 is 14.3 Å². The molecule has 19 heavy (non-hydrogen) atoms. The predicted molar refractivity (Wildman–Crippen MR) is 73.6 cm³/mol. The second kappa shape index (κ2) is 5.23. The van der Waals surface area contributed by atoms with E-state index in [1.807, 2.05) is 19.1 Å². The van der Waals surface area contributed by atoms with Crippen molar-refractivity contribution in [3.63, 3.8) is 0 Å². The molecular weight excluding hydrogens is 242 g/mol. The number of terminal acetylenes is 1. The molecule has 100 valence electrons. The van der Waals surface area contributed by atoms with Gasteiger partial charge in [0, 0.05) is 24.9 Å². The summed E-state index contributed by atoms with van der Waals surface area (Å²) in [5.41, 5.74) is 1.80. The van der Waals surface area contributed by atoms with Crippen molar-refractivity contribution in [2.24, 2.45) is 5.92 Å². The quantitative estimate of drug-likeness (QED) is 0.779. The standard InChI is InChI=1S/C15H17NO3/c1-5-11-7-15(17)16(9-11)12-8-14(19-4)13(18-3)6-10(12)2/h1,6,8,11H,7,9H2,2-4H3. The van der Waals surface area contributed by atoms with E-state index in [0.717, 1.165) is 11.3 Å². The molecule has 0 N–H and O–H groups in total. The van der Waals surface area contributed by atoms with Gasteiger partial charge < -0.3 is 14.4 Å². The molecule has 0 aliphatic carbocycles. The van der Waals surface area contributed by atoms with Crippen molar-refractivity contribution in [3.8, 4) is 23.8 Å². The van der Waals surface area contributed by atoms with Gasteiger partial charge in [0.25, 0.3) is 0 Å². The van der Waals surface area contributed by atoms with E-state index in [1.54, 1.807) is 19.1 Å². The first-order chi connectivity index (χ1) is 9.10. The van der Waals surface area contributed by atoms with Crippen LogP contribution in [-0.4, -0.2) is 26.7 Å². The van der Waals surface area contributed by atoms with Gasteiger partial charge in [-0.25, -0.2) is 0 Å². The Morgan fingerprint density at radius 2 is 1.95 bits per heavy atom. The van der Waals surface area contributed by atoms with Gasteiger partial charge in [0.15, 0.2) is 11.5 Å². The highest BCUT2D eigenvalue weighted by molar-refractivity contribution is 5.97. The molecule has 1 fully saturated rings. The predicted octanol–water partition coefficient (Wildman–Crippen LogP) is 2.00. The summed E-state index contributed by atoms with van der Waals surface area (Å²) in [5, 5.41) is 0.